The van der Waals surface area contributed by atoms with E-state index in [1.54, 1.807) is 12.1 Å². The maximum atomic E-state index is 11.4. The highest BCUT2D eigenvalue weighted by Crippen LogP contribution is 2.23. The number of esters is 1. The molecule has 0 unspecified atom stereocenters. The normalized spacial score (nSPS) is 16.5. The van der Waals surface area contributed by atoms with Gasteiger partial charge in [0.25, 0.3) is 0 Å². The number of hydrogen-bond donors (Lipinski definition) is 0. The number of rotatable bonds is 3. The highest BCUT2D eigenvalue weighted by atomic mass is 32.2. The van der Waals surface area contributed by atoms with E-state index in [2.05, 4.69) is 4.74 Å². The van der Waals surface area contributed by atoms with Crippen LogP contribution in [-0.2, 0) is 4.74 Å². The van der Waals surface area contributed by atoms with Gasteiger partial charge < -0.3 is 9.47 Å². The lowest BCUT2D eigenvalue weighted by Crippen LogP contribution is -2.22. The Morgan fingerprint density at radius 3 is 2.82 bits per heavy atom. The van der Waals surface area contributed by atoms with E-state index in [1.807, 2.05) is 23.9 Å². The topological polar surface area (TPSA) is 35.5 Å². The third kappa shape index (κ3) is 3.40. The fraction of sp³-hybridized carbons (Fsp3) is 0.462. The first-order valence-electron chi connectivity index (χ1n) is 5.72. The molecule has 1 aliphatic rings. The molecule has 1 aromatic carbocycles. The Bertz CT molecular complexity index is 386. The van der Waals surface area contributed by atoms with Gasteiger partial charge in [0.05, 0.1) is 12.7 Å². The zero-order chi connectivity index (χ0) is 12.1. The van der Waals surface area contributed by atoms with Crippen LogP contribution in [0.3, 0.4) is 0 Å². The van der Waals surface area contributed by atoms with Crippen LogP contribution in [0.15, 0.2) is 24.3 Å². The van der Waals surface area contributed by atoms with Gasteiger partial charge >= 0.3 is 5.97 Å². The largest absolute Gasteiger partial charge is 0.490 e. The minimum absolute atomic E-state index is 0.282. The molecule has 4 heteroatoms. The van der Waals surface area contributed by atoms with E-state index in [0.717, 1.165) is 30.1 Å². The summed E-state index contributed by atoms with van der Waals surface area (Å²) in [6, 6.07) is 7.18. The fourth-order valence-electron chi connectivity index (χ4n) is 1.80. The van der Waals surface area contributed by atoms with E-state index < -0.39 is 0 Å². The first-order valence-corrected chi connectivity index (χ1v) is 6.88. The van der Waals surface area contributed by atoms with Crippen LogP contribution in [0.25, 0.3) is 0 Å². The molecule has 1 aliphatic heterocycles. The molecule has 0 aromatic heterocycles. The van der Waals surface area contributed by atoms with Gasteiger partial charge in [0.1, 0.15) is 11.9 Å². The Balaban J connectivity index is 2.02. The number of benzene rings is 1. The molecule has 0 amide bonds. The van der Waals surface area contributed by atoms with E-state index in [1.165, 1.54) is 7.11 Å². The summed E-state index contributed by atoms with van der Waals surface area (Å²) >= 11 is 1.97. The summed E-state index contributed by atoms with van der Waals surface area (Å²) in [7, 11) is 1.38. The summed E-state index contributed by atoms with van der Waals surface area (Å²) in [6.45, 7) is 0. The Labute approximate surface area is 105 Å². The number of hydrogen-bond acceptors (Lipinski definition) is 4. The molecule has 92 valence electrons. The molecule has 0 saturated carbocycles. The van der Waals surface area contributed by atoms with Crippen LogP contribution in [0.5, 0.6) is 5.75 Å². The second-order valence-electron chi connectivity index (χ2n) is 3.95. The molecule has 1 fully saturated rings. The third-order valence-corrected chi connectivity index (χ3v) is 3.77. The van der Waals surface area contributed by atoms with Crippen molar-refractivity contribution < 1.29 is 14.3 Å². The molecule has 0 atom stereocenters. The maximum Gasteiger partial charge on any atom is 0.337 e. The van der Waals surface area contributed by atoms with Gasteiger partial charge in [-0.25, -0.2) is 4.79 Å². The maximum absolute atomic E-state index is 11.4. The van der Waals surface area contributed by atoms with Crippen molar-refractivity contribution in [2.24, 2.45) is 0 Å². The minimum Gasteiger partial charge on any atom is -0.490 e. The number of carbonyl (C=O) groups excluding carboxylic acids is 1. The first kappa shape index (κ1) is 12.3. The van der Waals surface area contributed by atoms with E-state index in [4.69, 9.17) is 4.74 Å². The summed E-state index contributed by atoms with van der Waals surface area (Å²) in [6.07, 6.45) is 2.43. The van der Waals surface area contributed by atoms with Crippen LogP contribution < -0.4 is 4.74 Å². The van der Waals surface area contributed by atoms with Gasteiger partial charge in [-0.3, -0.25) is 0 Å². The van der Waals surface area contributed by atoms with Crippen molar-refractivity contribution >= 4 is 17.7 Å². The average Bonchev–Trinajstić information content (AvgIpc) is 2.39. The van der Waals surface area contributed by atoms with Crippen LogP contribution >= 0.6 is 11.8 Å². The van der Waals surface area contributed by atoms with Crippen molar-refractivity contribution in [1.82, 2.24) is 0 Å². The smallest absolute Gasteiger partial charge is 0.337 e. The van der Waals surface area contributed by atoms with Crippen molar-refractivity contribution in [2.45, 2.75) is 18.9 Å². The SMILES string of the molecule is COC(=O)c1cccc(OC2CCSCC2)c1. The second-order valence-corrected chi connectivity index (χ2v) is 5.17. The van der Waals surface area contributed by atoms with Gasteiger partial charge in [0.15, 0.2) is 0 Å². The molecule has 0 bridgehead atoms. The standard InChI is InChI=1S/C13H16O3S/c1-15-13(14)10-3-2-4-12(9-10)16-11-5-7-17-8-6-11/h2-4,9,11H,5-8H2,1H3. The molecular formula is C13H16O3S. The monoisotopic (exact) mass is 252 g/mol. The van der Waals surface area contributed by atoms with Crippen LogP contribution in [0.4, 0.5) is 0 Å². The summed E-state index contributed by atoms with van der Waals surface area (Å²) in [5, 5.41) is 0. The van der Waals surface area contributed by atoms with E-state index in [0.29, 0.717) is 5.56 Å². The van der Waals surface area contributed by atoms with Gasteiger partial charge in [0.2, 0.25) is 0 Å². The van der Waals surface area contributed by atoms with Crippen LogP contribution in [0.2, 0.25) is 0 Å². The predicted molar refractivity (Wildman–Crippen MR) is 68.8 cm³/mol. The molecule has 3 nitrogen and oxygen atoms in total. The summed E-state index contributed by atoms with van der Waals surface area (Å²) in [4.78, 5) is 11.4. The molecule has 1 saturated heterocycles. The van der Waals surface area contributed by atoms with Crippen LogP contribution in [0.1, 0.15) is 23.2 Å². The molecule has 17 heavy (non-hydrogen) atoms. The van der Waals surface area contributed by atoms with Gasteiger partial charge in [-0.05, 0) is 42.5 Å². The van der Waals surface area contributed by atoms with Gasteiger partial charge in [-0.15, -0.1) is 0 Å². The van der Waals surface area contributed by atoms with E-state index >= 15 is 0 Å². The van der Waals surface area contributed by atoms with Crippen molar-refractivity contribution in [1.29, 1.82) is 0 Å². The molecule has 0 radical (unpaired) electrons. The number of ether oxygens (including phenoxy) is 2. The van der Waals surface area contributed by atoms with Crippen molar-refractivity contribution in [3.05, 3.63) is 29.8 Å². The van der Waals surface area contributed by atoms with E-state index in [-0.39, 0.29) is 12.1 Å². The highest BCUT2D eigenvalue weighted by Gasteiger charge is 2.15. The Morgan fingerprint density at radius 2 is 2.12 bits per heavy atom. The van der Waals surface area contributed by atoms with Crippen LogP contribution in [0, 0.1) is 0 Å². The molecular weight excluding hydrogens is 236 g/mol. The van der Waals surface area contributed by atoms with Crippen molar-refractivity contribution in [3.63, 3.8) is 0 Å². The molecule has 1 heterocycles. The van der Waals surface area contributed by atoms with Crippen LogP contribution in [-0.4, -0.2) is 30.7 Å². The predicted octanol–water partition coefficient (Wildman–Crippen LogP) is 2.75. The lowest BCUT2D eigenvalue weighted by molar-refractivity contribution is 0.0600. The first-order chi connectivity index (χ1) is 8.29. The lowest BCUT2D eigenvalue weighted by atomic mass is 10.2. The summed E-state index contributed by atoms with van der Waals surface area (Å²) < 4.78 is 10.6. The molecule has 0 N–H and O–H groups in total. The average molecular weight is 252 g/mol. The molecule has 1 aromatic rings. The number of thioether (sulfide) groups is 1. The molecule has 2 rings (SSSR count). The summed E-state index contributed by atoms with van der Waals surface area (Å²) in [5.74, 6) is 2.74. The van der Waals surface area contributed by atoms with E-state index in [9.17, 15) is 4.79 Å². The highest BCUT2D eigenvalue weighted by molar-refractivity contribution is 7.99. The quantitative estimate of drug-likeness (QED) is 0.775. The molecule has 0 spiro atoms. The van der Waals surface area contributed by atoms with Crippen molar-refractivity contribution in [2.75, 3.05) is 18.6 Å². The Kier molecular flexibility index (Phi) is 4.31. The van der Waals surface area contributed by atoms with Crippen molar-refractivity contribution in [3.8, 4) is 5.75 Å². The Hall–Kier alpha value is -1.16. The van der Waals surface area contributed by atoms with Gasteiger partial charge in [-0.2, -0.15) is 11.8 Å². The van der Waals surface area contributed by atoms with Gasteiger partial charge in [-0.1, -0.05) is 6.07 Å². The Morgan fingerprint density at radius 1 is 1.35 bits per heavy atom. The zero-order valence-electron chi connectivity index (χ0n) is 9.85. The van der Waals surface area contributed by atoms with Gasteiger partial charge in [0, 0.05) is 0 Å². The zero-order valence-corrected chi connectivity index (χ0v) is 10.7. The second kappa shape index (κ2) is 5.96. The number of carbonyl (C=O) groups is 1. The summed E-state index contributed by atoms with van der Waals surface area (Å²) in [5.41, 5.74) is 0.537. The molecule has 0 aliphatic carbocycles. The number of methoxy groups -OCH3 is 1. The lowest BCUT2D eigenvalue weighted by Gasteiger charge is -2.22. The minimum atomic E-state index is -0.324. The third-order valence-electron chi connectivity index (χ3n) is 2.73. The fourth-order valence-corrected chi connectivity index (χ4v) is 2.86.